The van der Waals surface area contributed by atoms with Crippen molar-refractivity contribution in [2.75, 3.05) is 24.2 Å². The molecule has 2 amide bonds. The van der Waals surface area contributed by atoms with Gasteiger partial charge in [0.1, 0.15) is 11.8 Å². The summed E-state index contributed by atoms with van der Waals surface area (Å²) in [4.78, 5) is 28.1. The number of carbonyl (C=O) groups excluding carboxylic acids is 2. The maximum atomic E-state index is 13.5. The van der Waals surface area contributed by atoms with Crippen LogP contribution in [0.25, 0.3) is 0 Å². The van der Waals surface area contributed by atoms with Crippen LogP contribution in [0, 0.1) is 13.8 Å². The summed E-state index contributed by atoms with van der Waals surface area (Å²) in [5, 5.41) is 2.92. The van der Waals surface area contributed by atoms with Crippen LogP contribution in [-0.4, -0.2) is 57.1 Å². The molecule has 0 heterocycles. The summed E-state index contributed by atoms with van der Waals surface area (Å²) in [6.45, 7) is 9.83. The highest BCUT2D eigenvalue weighted by atomic mass is 32.2. The molecule has 0 spiro atoms. The molecule has 0 aromatic heterocycles. The number of amides is 2. The third kappa shape index (κ3) is 8.77. The highest BCUT2D eigenvalue weighted by Gasteiger charge is 2.29. The van der Waals surface area contributed by atoms with Gasteiger partial charge in [0.05, 0.1) is 19.1 Å². The molecule has 0 aliphatic rings. The van der Waals surface area contributed by atoms with Gasteiger partial charge in [-0.3, -0.25) is 13.9 Å². The van der Waals surface area contributed by atoms with Crippen molar-refractivity contribution in [3.05, 3.63) is 59.2 Å². The van der Waals surface area contributed by atoms with Gasteiger partial charge in [-0.1, -0.05) is 31.2 Å². The van der Waals surface area contributed by atoms with E-state index in [1.165, 1.54) is 10.6 Å². The van der Waals surface area contributed by atoms with E-state index in [2.05, 4.69) is 5.32 Å². The standard InChI is InChI=1S/C28H41N3O5S/c1-8-25(28(33)29-20(2)3)30(19-23-11-9-12-24(18-23)36-6)27(32)13-10-16-31(37(7,34)35)26-17-21(4)14-15-22(26)5/h9,11-12,14-15,17-18,20,25H,8,10,13,16,19H2,1-7H3,(H,29,33)/t25-/m1/s1. The summed E-state index contributed by atoms with van der Waals surface area (Å²) in [5.74, 6) is 0.256. The second-order valence-electron chi connectivity index (χ2n) is 9.69. The molecule has 0 bridgehead atoms. The van der Waals surface area contributed by atoms with Gasteiger partial charge >= 0.3 is 0 Å². The van der Waals surface area contributed by atoms with Crippen LogP contribution in [0.1, 0.15) is 56.7 Å². The van der Waals surface area contributed by atoms with E-state index in [1.54, 1.807) is 12.0 Å². The predicted molar refractivity (Wildman–Crippen MR) is 148 cm³/mol. The van der Waals surface area contributed by atoms with Crippen molar-refractivity contribution in [1.29, 1.82) is 0 Å². The molecule has 2 aromatic rings. The Morgan fingerprint density at radius 3 is 2.38 bits per heavy atom. The Labute approximate surface area is 222 Å². The average molecular weight is 532 g/mol. The summed E-state index contributed by atoms with van der Waals surface area (Å²) >= 11 is 0. The van der Waals surface area contributed by atoms with Crippen LogP contribution >= 0.6 is 0 Å². The minimum atomic E-state index is -3.55. The molecule has 0 saturated carbocycles. The zero-order chi connectivity index (χ0) is 27.8. The van der Waals surface area contributed by atoms with Gasteiger partial charge in [-0.25, -0.2) is 8.42 Å². The lowest BCUT2D eigenvalue weighted by molar-refractivity contribution is -0.141. The molecule has 204 valence electrons. The molecule has 0 aliphatic heterocycles. The summed E-state index contributed by atoms with van der Waals surface area (Å²) in [6, 6.07) is 12.4. The fourth-order valence-electron chi connectivity index (χ4n) is 4.24. The van der Waals surface area contributed by atoms with Crippen LogP contribution in [0.15, 0.2) is 42.5 Å². The van der Waals surface area contributed by atoms with E-state index in [1.807, 2.05) is 77.1 Å². The fourth-order valence-corrected chi connectivity index (χ4v) is 5.25. The first-order chi connectivity index (χ1) is 17.4. The summed E-state index contributed by atoms with van der Waals surface area (Å²) in [5.41, 5.74) is 3.26. The lowest BCUT2D eigenvalue weighted by atomic mass is 10.1. The van der Waals surface area contributed by atoms with Gasteiger partial charge in [0.15, 0.2) is 0 Å². The molecule has 0 unspecified atom stereocenters. The molecule has 0 saturated heterocycles. The average Bonchev–Trinajstić information content (AvgIpc) is 2.82. The number of benzene rings is 2. The molecule has 2 rings (SSSR count). The molecule has 2 aromatic carbocycles. The predicted octanol–water partition coefficient (Wildman–Crippen LogP) is 4.19. The van der Waals surface area contributed by atoms with Gasteiger partial charge in [-0.15, -0.1) is 0 Å². The Kier molecular flexibility index (Phi) is 11.0. The van der Waals surface area contributed by atoms with Crippen LogP contribution in [-0.2, 0) is 26.2 Å². The summed E-state index contributed by atoms with van der Waals surface area (Å²) in [6.07, 6.45) is 2.05. The number of methoxy groups -OCH3 is 1. The zero-order valence-electron chi connectivity index (χ0n) is 23.1. The Morgan fingerprint density at radius 1 is 1.08 bits per heavy atom. The van der Waals surface area contributed by atoms with Crippen LogP contribution in [0.5, 0.6) is 5.75 Å². The van der Waals surface area contributed by atoms with E-state index in [-0.39, 0.29) is 37.4 Å². The highest BCUT2D eigenvalue weighted by Crippen LogP contribution is 2.25. The van der Waals surface area contributed by atoms with Gasteiger partial charge in [0, 0.05) is 25.6 Å². The van der Waals surface area contributed by atoms with Crippen molar-refractivity contribution in [2.45, 2.75) is 72.5 Å². The zero-order valence-corrected chi connectivity index (χ0v) is 23.9. The molecule has 0 aliphatic carbocycles. The normalized spacial score (nSPS) is 12.2. The fraction of sp³-hybridized carbons (Fsp3) is 0.500. The first-order valence-electron chi connectivity index (χ1n) is 12.6. The molecule has 0 radical (unpaired) electrons. The molecule has 1 N–H and O–H groups in total. The largest absolute Gasteiger partial charge is 0.497 e. The van der Waals surface area contributed by atoms with Gasteiger partial charge in [-0.05, 0) is 75.4 Å². The van der Waals surface area contributed by atoms with E-state index in [0.717, 1.165) is 16.7 Å². The van der Waals surface area contributed by atoms with Crippen LogP contribution in [0.4, 0.5) is 5.69 Å². The lowest BCUT2D eigenvalue weighted by Crippen LogP contribution is -2.50. The summed E-state index contributed by atoms with van der Waals surface area (Å²) < 4.78 is 31.9. The summed E-state index contributed by atoms with van der Waals surface area (Å²) in [7, 11) is -1.97. The lowest BCUT2D eigenvalue weighted by Gasteiger charge is -2.32. The van der Waals surface area contributed by atoms with E-state index in [0.29, 0.717) is 24.3 Å². The van der Waals surface area contributed by atoms with Crippen molar-refractivity contribution in [2.24, 2.45) is 0 Å². The topological polar surface area (TPSA) is 96.0 Å². The Balaban J connectivity index is 2.27. The molecule has 9 heteroatoms. The van der Waals surface area contributed by atoms with Gasteiger partial charge in [0.25, 0.3) is 0 Å². The molecular formula is C28H41N3O5S. The number of anilines is 1. The monoisotopic (exact) mass is 531 g/mol. The van der Waals surface area contributed by atoms with Crippen molar-refractivity contribution < 1.29 is 22.7 Å². The Hall–Kier alpha value is -3.07. The third-order valence-corrected chi connectivity index (χ3v) is 7.27. The number of sulfonamides is 1. The van der Waals surface area contributed by atoms with Crippen molar-refractivity contribution in [3.8, 4) is 5.75 Å². The van der Waals surface area contributed by atoms with Gasteiger partial charge in [0.2, 0.25) is 21.8 Å². The van der Waals surface area contributed by atoms with Crippen molar-refractivity contribution in [3.63, 3.8) is 0 Å². The van der Waals surface area contributed by atoms with Gasteiger partial charge < -0.3 is 15.0 Å². The molecule has 0 fully saturated rings. The quantitative estimate of drug-likeness (QED) is 0.418. The van der Waals surface area contributed by atoms with Gasteiger partial charge in [-0.2, -0.15) is 0 Å². The third-order valence-electron chi connectivity index (χ3n) is 6.09. The maximum Gasteiger partial charge on any atom is 0.243 e. The van der Waals surface area contributed by atoms with E-state index >= 15 is 0 Å². The number of rotatable bonds is 13. The maximum absolute atomic E-state index is 13.5. The number of hydrogen-bond acceptors (Lipinski definition) is 5. The smallest absolute Gasteiger partial charge is 0.243 e. The van der Waals surface area contributed by atoms with E-state index in [9.17, 15) is 18.0 Å². The molecular weight excluding hydrogens is 490 g/mol. The highest BCUT2D eigenvalue weighted by molar-refractivity contribution is 7.92. The Bertz CT molecular complexity index is 1180. The number of nitrogens with one attached hydrogen (secondary N) is 1. The SMILES string of the molecule is CC[C@H](C(=O)NC(C)C)N(Cc1cccc(OC)c1)C(=O)CCCN(c1cc(C)ccc1C)S(C)(=O)=O. The number of hydrogen-bond donors (Lipinski definition) is 1. The number of nitrogens with zero attached hydrogens (tertiary/aromatic N) is 2. The van der Waals surface area contributed by atoms with Crippen LogP contribution in [0.3, 0.4) is 0 Å². The number of carbonyl (C=O) groups is 2. The van der Waals surface area contributed by atoms with Crippen molar-refractivity contribution in [1.82, 2.24) is 10.2 Å². The molecule has 37 heavy (non-hydrogen) atoms. The molecule has 1 atom stereocenters. The van der Waals surface area contributed by atoms with E-state index in [4.69, 9.17) is 4.74 Å². The van der Waals surface area contributed by atoms with Crippen LogP contribution < -0.4 is 14.4 Å². The number of ether oxygens (including phenoxy) is 1. The minimum absolute atomic E-state index is 0.0591. The Morgan fingerprint density at radius 2 is 1.78 bits per heavy atom. The minimum Gasteiger partial charge on any atom is -0.497 e. The molecule has 8 nitrogen and oxygen atoms in total. The first kappa shape index (κ1) is 30.2. The second-order valence-corrected chi connectivity index (χ2v) is 11.6. The van der Waals surface area contributed by atoms with Crippen molar-refractivity contribution >= 4 is 27.5 Å². The van der Waals surface area contributed by atoms with Crippen LogP contribution in [0.2, 0.25) is 0 Å². The van der Waals surface area contributed by atoms with E-state index < -0.39 is 16.1 Å². The first-order valence-corrected chi connectivity index (χ1v) is 14.5. The second kappa shape index (κ2) is 13.5. The number of aryl methyl sites for hydroxylation is 2.